The molecule has 0 unspecified atom stereocenters. The van der Waals surface area contributed by atoms with Crippen molar-refractivity contribution in [2.75, 3.05) is 0 Å². The molecule has 0 spiro atoms. The molecule has 4 nitrogen and oxygen atoms in total. The molecule has 0 radical (unpaired) electrons. The van der Waals surface area contributed by atoms with Gasteiger partial charge in [0.1, 0.15) is 23.1 Å². The molecule has 0 aliphatic heterocycles. The summed E-state index contributed by atoms with van der Waals surface area (Å²) in [5.74, 6) is -0.295. The Morgan fingerprint density at radius 2 is 1.92 bits per heavy atom. The van der Waals surface area contributed by atoms with Gasteiger partial charge in [-0.1, -0.05) is 11.3 Å². The molecule has 2 aromatic heterocycles. The Morgan fingerprint density at radius 3 is 2.54 bits per heavy atom. The van der Waals surface area contributed by atoms with E-state index < -0.39 is 22.4 Å². The van der Waals surface area contributed by atoms with Crippen molar-refractivity contribution < 1.29 is 22.3 Å². The fourth-order valence-corrected chi connectivity index (χ4v) is 3.84. The maximum atomic E-state index is 13.3. The fraction of sp³-hybridized carbons (Fsp3) is 0.294. The molecule has 1 saturated carbocycles. The number of alkyl halides is 3. The van der Waals surface area contributed by atoms with Gasteiger partial charge in [0, 0.05) is 12.0 Å². The van der Waals surface area contributed by atoms with Crippen LogP contribution in [-0.2, 0) is 12.8 Å². The first kappa shape index (κ1) is 17.0. The Morgan fingerprint density at radius 1 is 1.23 bits per heavy atom. The van der Waals surface area contributed by atoms with E-state index in [4.69, 9.17) is 4.74 Å². The van der Waals surface area contributed by atoms with Crippen molar-refractivity contribution >= 4 is 16.3 Å². The molecule has 136 valence electrons. The number of aromatic nitrogens is 2. The van der Waals surface area contributed by atoms with Gasteiger partial charge < -0.3 is 4.74 Å². The second-order valence-corrected chi connectivity index (χ2v) is 7.01. The lowest BCUT2D eigenvalue weighted by atomic mass is 10.2. The molecular formula is C17H12F4N2O2S. The Hall–Kier alpha value is -2.42. The highest BCUT2D eigenvalue weighted by molar-refractivity contribution is 7.17. The molecule has 2 heterocycles. The van der Waals surface area contributed by atoms with Gasteiger partial charge in [-0.25, -0.2) is 9.37 Å². The van der Waals surface area contributed by atoms with Crippen LogP contribution in [0.3, 0.4) is 0 Å². The summed E-state index contributed by atoms with van der Waals surface area (Å²) in [4.78, 5) is 15.8. The maximum absolute atomic E-state index is 13.3. The number of fused-ring (bicyclic) bond motifs is 1. The summed E-state index contributed by atoms with van der Waals surface area (Å²) in [7, 11) is 0. The van der Waals surface area contributed by atoms with Crippen molar-refractivity contribution in [2.24, 2.45) is 0 Å². The standard InChI is InChI=1S/C17H12F4N2O2S/c18-10-3-5-12(6-4-10)25-8-11-7-13(24)23-14(9-1-2-9)15(17(19,20)21)26-16(23)22-11/h3-7,9H,1-2,8H2. The lowest BCUT2D eigenvalue weighted by Crippen LogP contribution is -2.18. The van der Waals surface area contributed by atoms with Crippen LogP contribution in [0.4, 0.5) is 17.6 Å². The van der Waals surface area contributed by atoms with E-state index in [1.807, 2.05) is 0 Å². The van der Waals surface area contributed by atoms with Crippen LogP contribution < -0.4 is 10.3 Å². The second kappa shape index (κ2) is 6.08. The van der Waals surface area contributed by atoms with Crippen LogP contribution in [-0.4, -0.2) is 9.38 Å². The topological polar surface area (TPSA) is 43.6 Å². The van der Waals surface area contributed by atoms with Crippen molar-refractivity contribution in [2.45, 2.75) is 31.5 Å². The summed E-state index contributed by atoms with van der Waals surface area (Å²) in [6.45, 7) is -0.102. The lowest BCUT2D eigenvalue weighted by molar-refractivity contribution is -0.135. The van der Waals surface area contributed by atoms with Gasteiger partial charge in [-0.05, 0) is 37.1 Å². The summed E-state index contributed by atoms with van der Waals surface area (Å²) < 4.78 is 59.3. The van der Waals surface area contributed by atoms with Crippen molar-refractivity contribution in [1.82, 2.24) is 9.38 Å². The number of hydrogen-bond donors (Lipinski definition) is 0. The Balaban J connectivity index is 1.70. The number of rotatable bonds is 4. The van der Waals surface area contributed by atoms with Gasteiger partial charge in [-0.15, -0.1) is 0 Å². The third-order valence-electron chi connectivity index (χ3n) is 4.03. The Labute approximate surface area is 148 Å². The minimum atomic E-state index is -4.52. The predicted molar refractivity (Wildman–Crippen MR) is 87.0 cm³/mol. The van der Waals surface area contributed by atoms with E-state index >= 15 is 0 Å². The minimum Gasteiger partial charge on any atom is -0.487 e. The molecule has 0 N–H and O–H groups in total. The van der Waals surface area contributed by atoms with E-state index in [0.717, 1.165) is 4.40 Å². The van der Waals surface area contributed by atoms with Gasteiger partial charge in [0.15, 0.2) is 4.96 Å². The third-order valence-corrected chi connectivity index (χ3v) is 5.13. The fourth-order valence-electron chi connectivity index (χ4n) is 2.73. The molecule has 0 saturated heterocycles. The van der Waals surface area contributed by atoms with Crippen LogP contribution in [0.2, 0.25) is 0 Å². The quantitative estimate of drug-likeness (QED) is 0.628. The van der Waals surface area contributed by atoms with Gasteiger partial charge in [-0.3, -0.25) is 9.20 Å². The van der Waals surface area contributed by atoms with E-state index in [2.05, 4.69) is 4.98 Å². The molecule has 1 aliphatic carbocycles. The van der Waals surface area contributed by atoms with Gasteiger partial charge in [0.2, 0.25) is 0 Å². The Bertz CT molecular complexity index is 1020. The summed E-state index contributed by atoms with van der Waals surface area (Å²) in [5.41, 5.74) is -0.320. The molecule has 9 heteroatoms. The molecule has 0 amide bonds. The molecular weight excluding hydrogens is 372 g/mol. The van der Waals surface area contributed by atoms with Crippen molar-refractivity contribution in [3.05, 3.63) is 62.8 Å². The normalized spacial score (nSPS) is 14.8. The molecule has 0 bridgehead atoms. The Kier molecular flexibility index (Phi) is 3.98. The average Bonchev–Trinajstić information content (AvgIpc) is 3.33. The summed E-state index contributed by atoms with van der Waals surface area (Å²) >= 11 is 0.473. The zero-order valence-corrected chi connectivity index (χ0v) is 14.0. The van der Waals surface area contributed by atoms with Crippen LogP contribution in [0.1, 0.15) is 35.0 Å². The maximum Gasteiger partial charge on any atom is 0.427 e. The molecule has 4 rings (SSSR count). The second-order valence-electron chi connectivity index (χ2n) is 6.03. The first-order valence-electron chi connectivity index (χ1n) is 7.84. The highest BCUT2D eigenvalue weighted by Gasteiger charge is 2.42. The largest absolute Gasteiger partial charge is 0.487 e. The number of benzene rings is 1. The van der Waals surface area contributed by atoms with E-state index in [1.54, 1.807) is 0 Å². The third kappa shape index (κ3) is 3.18. The smallest absolute Gasteiger partial charge is 0.427 e. The monoisotopic (exact) mass is 384 g/mol. The zero-order chi connectivity index (χ0) is 18.5. The molecule has 1 fully saturated rings. The summed E-state index contributed by atoms with van der Waals surface area (Å²) in [5, 5.41) is 0. The van der Waals surface area contributed by atoms with Crippen LogP contribution in [0.15, 0.2) is 35.1 Å². The van der Waals surface area contributed by atoms with Gasteiger partial charge >= 0.3 is 6.18 Å². The zero-order valence-electron chi connectivity index (χ0n) is 13.2. The molecule has 3 aromatic rings. The van der Waals surface area contributed by atoms with Gasteiger partial charge in [0.25, 0.3) is 5.56 Å². The summed E-state index contributed by atoms with van der Waals surface area (Å²) in [6.07, 6.45) is -3.25. The minimum absolute atomic E-state index is 0.00410. The van der Waals surface area contributed by atoms with Gasteiger partial charge in [0.05, 0.1) is 11.4 Å². The van der Waals surface area contributed by atoms with Crippen LogP contribution in [0.25, 0.3) is 4.96 Å². The van der Waals surface area contributed by atoms with Crippen molar-refractivity contribution in [1.29, 1.82) is 0 Å². The van der Waals surface area contributed by atoms with Crippen LogP contribution in [0, 0.1) is 5.82 Å². The SMILES string of the molecule is O=c1cc(COc2ccc(F)cc2)nc2sc(C(F)(F)F)c(C3CC3)n12. The molecule has 1 aliphatic rings. The first-order chi connectivity index (χ1) is 12.3. The average molecular weight is 384 g/mol. The van der Waals surface area contributed by atoms with E-state index in [-0.39, 0.29) is 28.9 Å². The highest BCUT2D eigenvalue weighted by atomic mass is 32.1. The summed E-state index contributed by atoms with van der Waals surface area (Å²) in [6, 6.07) is 6.45. The number of thiazole rings is 1. The molecule has 1 aromatic carbocycles. The highest BCUT2D eigenvalue weighted by Crippen LogP contribution is 2.48. The number of nitrogens with zero attached hydrogens (tertiary/aromatic N) is 2. The first-order valence-corrected chi connectivity index (χ1v) is 8.65. The van der Waals surface area contributed by atoms with Crippen molar-refractivity contribution in [3.8, 4) is 5.75 Å². The van der Waals surface area contributed by atoms with E-state index in [1.165, 1.54) is 30.3 Å². The van der Waals surface area contributed by atoms with Crippen molar-refractivity contribution in [3.63, 3.8) is 0 Å². The van der Waals surface area contributed by atoms with Crippen LogP contribution >= 0.6 is 11.3 Å². The predicted octanol–water partition coefficient (Wildman–Crippen LogP) is 4.37. The molecule has 0 atom stereocenters. The van der Waals surface area contributed by atoms with Crippen LogP contribution in [0.5, 0.6) is 5.75 Å². The number of hydrogen-bond acceptors (Lipinski definition) is 4. The molecule has 26 heavy (non-hydrogen) atoms. The van der Waals surface area contributed by atoms with Gasteiger partial charge in [-0.2, -0.15) is 13.2 Å². The lowest BCUT2D eigenvalue weighted by Gasteiger charge is -2.07. The number of ether oxygens (including phenoxy) is 1. The van der Waals surface area contributed by atoms with E-state index in [9.17, 15) is 22.4 Å². The van der Waals surface area contributed by atoms with E-state index in [0.29, 0.717) is 29.9 Å². The number of halogens is 4.